The van der Waals surface area contributed by atoms with E-state index in [-0.39, 0.29) is 0 Å². The van der Waals surface area contributed by atoms with E-state index in [1.54, 1.807) is 0 Å². The van der Waals surface area contributed by atoms with Crippen LogP contribution in [0.3, 0.4) is 0 Å². The second kappa shape index (κ2) is 7.89. The maximum Gasteiger partial charge on any atom is 0.326 e. The lowest BCUT2D eigenvalue weighted by Gasteiger charge is -2.20. The van der Waals surface area contributed by atoms with Crippen LogP contribution >= 0.6 is 27.3 Å². The first-order chi connectivity index (χ1) is 8.60. The highest BCUT2D eigenvalue weighted by atomic mass is 79.9. The van der Waals surface area contributed by atoms with E-state index in [1.165, 1.54) is 11.3 Å². The molecule has 2 N–H and O–H groups in total. The van der Waals surface area contributed by atoms with Crippen molar-refractivity contribution < 1.29 is 9.90 Å². The van der Waals surface area contributed by atoms with Crippen molar-refractivity contribution in [1.82, 2.24) is 10.2 Å². The minimum absolute atomic E-state index is 0.630. The number of hydrogen-bond donors (Lipinski definition) is 2. The molecule has 1 heterocycles. The molecule has 0 saturated carbocycles. The van der Waals surface area contributed by atoms with Gasteiger partial charge in [0.1, 0.15) is 6.04 Å². The summed E-state index contributed by atoms with van der Waals surface area (Å²) >= 11 is 4.83. The molecule has 0 radical (unpaired) electrons. The average Bonchev–Trinajstić information content (AvgIpc) is 2.75. The Kier molecular flexibility index (Phi) is 6.85. The molecule has 0 aliphatic rings. The Bertz CT molecular complexity index is 380. The Morgan fingerprint density at radius 2 is 2.22 bits per heavy atom. The molecule has 0 saturated heterocycles. The molecule has 0 amide bonds. The van der Waals surface area contributed by atoms with Gasteiger partial charge in [-0.3, -0.25) is 10.1 Å². The molecule has 0 spiro atoms. The third-order valence-electron chi connectivity index (χ3n) is 2.82. The van der Waals surface area contributed by atoms with Gasteiger partial charge >= 0.3 is 5.97 Å². The monoisotopic (exact) mass is 334 g/mol. The second-order valence-corrected chi connectivity index (χ2v) is 5.69. The number of aliphatic carboxylic acids is 1. The number of carboxylic acids is 1. The maximum atomic E-state index is 11.3. The van der Waals surface area contributed by atoms with Gasteiger partial charge in [0.05, 0.1) is 0 Å². The van der Waals surface area contributed by atoms with Crippen LogP contribution < -0.4 is 5.32 Å². The van der Waals surface area contributed by atoms with Crippen LogP contribution in [-0.4, -0.2) is 42.2 Å². The molecule has 0 aliphatic carbocycles. The Hall–Kier alpha value is -0.430. The fraction of sp³-hybridized carbons (Fsp3) is 0.583. The zero-order valence-electron chi connectivity index (χ0n) is 10.6. The van der Waals surface area contributed by atoms with E-state index in [4.69, 9.17) is 0 Å². The third-order valence-corrected chi connectivity index (χ3v) is 4.76. The summed E-state index contributed by atoms with van der Waals surface area (Å²) in [5.41, 5.74) is 0. The summed E-state index contributed by atoms with van der Waals surface area (Å²) in [5.74, 6) is -0.835. The molecule has 0 fully saturated rings. The number of rotatable bonds is 8. The summed E-state index contributed by atoms with van der Waals surface area (Å²) < 4.78 is 0.857. The molecule has 1 atom stereocenters. The summed E-state index contributed by atoms with van der Waals surface area (Å²) in [7, 11) is 0. The van der Waals surface area contributed by atoms with E-state index in [0.717, 1.165) is 29.0 Å². The van der Waals surface area contributed by atoms with Crippen LogP contribution in [0.15, 0.2) is 15.9 Å². The van der Waals surface area contributed by atoms with Crippen molar-refractivity contribution in [3.8, 4) is 0 Å². The van der Waals surface area contributed by atoms with E-state index in [1.807, 2.05) is 11.4 Å². The fourth-order valence-corrected chi connectivity index (χ4v) is 3.38. The van der Waals surface area contributed by atoms with Gasteiger partial charge in [0, 0.05) is 22.4 Å². The highest BCUT2D eigenvalue weighted by Crippen LogP contribution is 2.29. The Balaban J connectivity index is 2.55. The van der Waals surface area contributed by atoms with Gasteiger partial charge in [-0.1, -0.05) is 13.8 Å². The molecule has 0 aliphatic heterocycles. The number of carbonyl (C=O) groups is 1. The van der Waals surface area contributed by atoms with Gasteiger partial charge in [0.15, 0.2) is 0 Å². The summed E-state index contributed by atoms with van der Waals surface area (Å²) in [4.78, 5) is 14.4. The smallest absolute Gasteiger partial charge is 0.326 e. The van der Waals surface area contributed by atoms with Crippen molar-refractivity contribution >= 4 is 33.2 Å². The summed E-state index contributed by atoms with van der Waals surface area (Å²) in [6, 6.07) is 1.25. The number of carboxylic acid groups (broad SMARTS) is 1. The van der Waals surface area contributed by atoms with Crippen LogP contribution in [-0.2, 0) is 4.79 Å². The lowest BCUT2D eigenvalue weighted by molar-refractivity contribution is -0.139. The SMILES string of the molecule is CCN(CC)CCNC(C(=O)O)c1sccc1Br. The first-order valence-corrected chi connectivity index (χ1v) is 7.68. The summed E-state index contributed by atoms with van der Waals surface area (Å²) in [6.45, 7) is 7.71. The molecule has 1 aromatic heterocycles. The second-order valence-electron chi connectivity index (χ2n) is 3.89. The predicted molar refractivity (Wildman–Crippen MR) is 78.2 cm³/mol. The Morgan fingerprint density at radius 3 is 2.67 bits per heavy atom. The molecular formula is C12H19BrN2O2S. The van der Waals surface area contributed by atoms with Crippen LogP contribution in [0.5, 0.6) is 0 Å². The van der Waals surface area contributed by atoms with E-state index in [0.29, 0.717) is 6.54 Å². The standard InChI is InChI=1S/C12H19BrN2O2S/c1-3-15(4-2)7-6-14-10(12(16)17)11-9(13)5-8-18-11/h5,8,10,14H,3-4,6-7H2,1-2H3,(H,16,17). The fourth-order valence-electron chi connectivity index (χ4n) is 1.71. The quantitative estimate of drug-likeness (QED) is 0.767. The maximum absolute atomic E-state index is 11.3. The lowest BCUT2D eigenvalue weighted by Crippen LogP contribution is -2.36. The Morgan fingerprint density at radius 1 is 1.56 bits per heavy atom. The molecule has 102 valence electrons. The van der Waals surface area contributed by atoms with E-state index >= 15 is 0 Å². The van der Waals surface area contributed by atoms with Crippen molar-refractivity contribution in [3.05, 3.63) is 20.8 Å². The van der Waals surface area contributed by atoms with Gasteiger partial charge in [0.25, 0.3) is 0 Å². The minimum Gasteiger partial charge on any atom is -0.480 e. The third kappa shape index (κ3) is 4.35. The van der Waals surface area contributed by atoms with Crippen molar-refractivity contribution in [2.24, 2.45) is 0 Å². The zero-order valence-corrected chi connectivity index (χ0v) is 13.1. The van der Waals surface area contributed by atoms with Crippen molar-refractivity contribution in [2.75, 3.05) is 26.2 Å². The highest BCUT2D eigenvalue weighted by Gasteiger charge is 2.22. The average molecular weight is 335 g/mol. The van der Waals surface area contributed by atoms with Gasteiger partial charge in [-0.2, -0.15) is 0 Å². The number of nitrogens with one attached hydrogen (secondary N) is 1. The molecule has 1 unspecified atom stereocenters. The topological polar surface area (TPSA) is 52.6 Å². The molecule has 1 aromatic rings. The van der Waals surface area contributed by atoms with Crippen molar-refractivity contribution in [1.29, 1.82) is 0 Å². The van der Waals surface area contributed by atoms with Crippen molar-refractivity contribution in [3.63, 3.8) is 0 Å². The van der Waals surface area contributed by atoms with Gasteiger partial charge in [-0.05, 0) is 40.5 Å². The lowest BCUT2D eigenvalue weighted by atomic mass is 10.2. The highest BCUT2D eigenvalue weighted by molar-refractivity contribution is 9.10. The summed E-state index contributed by atoms with van der Waals surface area (Å²) in [5, 5.41) is 14.2. The molecule has 0 aromatic carbocycles. The van der Waals surface area contributed by atoms with Crippen molar-refractivity contribution in [2.45, 2.75) is 19.9 Å². The van der Waals surface area contributed by atoms with Crippen LogP contribution in [0.2, 0.25) is 0 Å². The normalized spacial score (nSPS) is 12.9. The minimum atomic E-state index is -0.835. The number of hydrogen-bond acceptors (Lipinski definition) is 4. The van der Waals surface area contributed by atoms with Gasteiger partial charge in [-0.25, -0.2) is 0 Å². The van der Waals surface area contributed by atoms with E-state index < -0.39 is 12.0 Å². The zero-order chi connectivity index (χ0) is 13.5. The van der Waals surface area contributed by atoms with Crippen LogP contribution in [0.4, 0.5) is 0 Å². The molecule has 18 heavy (non-hydrogen) atoms. The predicted octanol–water partition coefficient (Wildman–Crippen LogP) is 2.57. The van der Waals surface area contributed by atoms with Gasteiger partial charge < -0.3 is 10.0 Å². The van der Waals surface area contributed by atoms with Crippen LogP contribution in [0.1, 0.15) is 24.8 Å². The van der Waals surface area contributed by atoms with Crippen LogP contribution in [0.25, 0.3) is 0 Å². The molecule has 6 heteroatoms. The summed E-state index contributed by atoms with van der Waals surface area (Å²) in [6.07, 6.45) is 0. The number of thiophene rings is 1. The largest absolute Gasteiger partial charge is 0.480 e. The van der Waals surface area contributed by atoms with E-state index in [2.05, 4.69) is 40.0 Å². The number of nitrogens with zero attached hydrogens (tertiary/aromatic N) is 1. The molecule has 1 rings (SSSR count). The van der Waals surface area contributed by atoms with Gasteiger partial charge in [0.2, 0.25) is 0 Å². The van der Waals surface area contributed by atoms with E-state index in [9.17, 15) is 9.90 Å². The first-order valence-electron chi connectivity index (χ1n) is 6.01. The Labute approximate surface area is 120 Å². The van der Waals surface area contributed by atoms with Gasteiger partial charge in [-0.15, -0.1) is 11.3 Å². The first kappa shape index (κ1) is 15.6. The number of halogens is 1. The van der Waals surface area contributed by atoms with Crippen LogP contribution in [0, 0.1) is 0 Å². The molecule has 4 nitrogen and oxygen atoms in total. The number of likely N-dealkylation sites (N-methyl/N-ethyl adjacent to an activating group) is 1. The molecular weight excluding hydrogens is 316 g/mol. The molecule has 0 bridgehead atoms.